The van der Waals surface area contributed by atoms with E-state index in [4.69, 9.17) is 5.50 Å². The van der Waals surface area contributed by atoms with Crippen molar-refractivity contribution in [1.29, 1.82) is 0 Å². The zero-order valence-electron chi connectivity index (χ0n) is 4.82. The van der Waals surface area contributed by atoms with Crippen molar-refractivity contribution in [2.45, 2.75) is 0 Å². The summed E-state index contributed by atoms with van der Waals surface area (Å²) in [5, 5.41) is 0. The maximum absolute atomic E-state index is 10.6. The van der Waals surface area contributed by atoms with Gasteiger partial charge in [0.1, 0.15) is 0 Å². The summed E-state index contributed by atoms with van der Waals surface area (Å²) < 4.78 is 19.2. The molecule has 0 aliphatic rings. The van der Waals surface area contributed by atoms with Crippen molar-refractivity contribution in [3.63, 3.8) is 0 Å². The summed E-state index contributed by atoms with van der Waals surface area (Å²) in [7, 11) is -3.43. The highest BCUT2D eigenvalue weighted by Crippen LogP contribution is 2.38. The van der Waals surface area contributed by atoms with E-state index in [-0.39, 0.29) is 0 Å². The Hall–Kier alpha value is -0.730. The monoisotopic (exact) mass is 149 g/mol. The Bertz CT molecular complexity index is 142. The topological polar surface area (TPSA) is 61.5 Å². The van der Waals surface area contributed by atoms with Gasteiger partial charge >= 0.3 is 7.75 Å². The van der Waals surface area contributed by atoms with E-state index in [1.165, 1.54) is 0 Å². The molecule has 0 fully saturated rings. The smallest absolute Gasteiger partial charge is 0.413 e. The van der Waals surface area contributed by atoms with Gasteiger partial charge in [-0.15, -0.1) is 0 Å². The normalized spacial score (nSPS) is 9.89. The highest BCUT2D eigenvalue weighted by molar-refractivity contribution is 7.51. The summed E-state index contributed by atoms with van der Waals surface area (Å²) in [5.41, 5.74) is 4.91. The Labute approximate surface area is 53.5 Å². The molecule has 0 atom stereocenters. The average Bonchev–Trinajstić information content (AvgIpc) is 1.64. The van der Waals surface area contributed by atoms with Gasteiger partial charge in [0.05, 0.1) is 12.5 Å². The zero-order chi connectivity index (χ0) is 7.33. The third-order valence-corrected chi connectivity index (χ3v) is 1.33. The molecule has 52 valence electrons. The summed E-state index contributed by atoms with van der Waals surface area (Å²) in [4.78, 5) is 0. The van der Waals surface area contributed by atoms with Crippen LogP contribution in [0.3, 0.4) is 0 Å². The fraction of sp³-hybridized carbons (Fsp3) is 0. The van der Waals surface area contributed by atoms with Gasteiger partial charge in [-0.25, -0.2) is 10.1 Å². The molecule has 9 heavy (non-hydrogen) atoms. The van der Waals surface area contributed by atoms with Crippen LogP contribution in [-0.2, 0) is 13.6 Å². The van der Waals surface area contributed by atoms with Gasteiger partial charge in [-0.3, -0.25) is 0 Å². The Morgan fingerprint density at radius 1 is 1.33 bits per heavy atom. The van der Waals surface area contributed by atoms with Crippen molar-refractivity contribution in [3.8, 4) is 0 Å². The van der Waals surface area contributed by atoms with Crippen molar-refractivity contribution in [1.82, 2.24) is 0 Å². The van der Waals surface area contributed by atoms with Crippen LogP contribution in [0.5, 0.6) is 0 Å². The van der Waals surface area contributed by atoms with Crippen LogP contribution in [0.2, 0.25) is 0 Å². The van der Waals surface area contributed by atoms with Gasteiger partial charge in [0.15, 0.2) is 0 Å². The molecule has 0 unspecified atom stereocenters. The van der Waals surface area contributed by atoms with E-state index >= 15 is 0 Å². The first-order valence-electron chi connectivity index (χ1n) is 2.09. The molecule has 0 saturated carbocycles. The largest absolute Gasteiger partial charge is 0.509 e. The summed E-state index contributed by atoms with van der Waals surface area (Å²) in [5.74, 6) is 0. The van der Waals surface area contributed by atoms with Crippen LogP contribution >= 0.6 is 7.75 Å². The van der Waals surface area contributed by atoms with E-state index in [1.54, 1.807) is 0 Å². The van der Waals surface area contributed by atoms with Gasteiger partial charge in [0, 0.05) is 0 Å². The molecular formula is C4H8NO3P. The SMILES string of the molecule is C=COP(N)(=O)OC=C. The van der Waals surface area contributed by atoms with E-state index in [0.717, 1.165) is 12.5 Å². The van der Waals surface area contributed by atoms with Crippen LogP contribution < -0.4 is 5.50 Å². The molecule has 4 nitrogen and oxygen atoms in total. The molecule has 5 heteroatoms. The Morgan fingerprint density at radius 3 is 1.89 bits per heavy atom. The molecule has 0 aromatic carbocycles. The van der Waals surface area contributed by atoms with Crippen LogP contribution in [-0.4, -0.2) is 0 Å². The minimum absolute atomic E-state index is 0.949. The van der Waals surface area contributed by atoms with E-state index in [0.29, 0.717) is 0 Å². The van der Waals surface area contributed by atoms with Crippen LogP contribution in [0.15, 0.2) is 25.7 Å². The molecule has 0 aromatic heterocycles. The first kappa shape index (κ1) is 8.27. The average molecular weight is 149 g/mol. The third-order valence-electron chi connectivity index (χ3n) is 0.443. The van der Waals surface area contributed by atoms with Gasteiger partial charge in [0.2, 0.25) is 0 Å². The minimum atomic E-state index is -3.43. The van der Waals surface area contributed by atoms with Crippen LogP contribution in [0.4, 0.5) is 0 Å². The molecule has 0 aliphatic carbocycles. The molecule has 0 rings (SSSR count). The highest BCUT2D eigenvalue weighted by atomic mass is 31.2. The van der Waals surface area contributed by atoms with E-state index in [2.05, 4.69) is 22.2 Å². The maximum Gasteiger partial charge on any atom is 0.509 e. The predicted octanol–water partition coefficient (Wildman–Crippen LogP) is 1.37. The second-order valence-corrected chi connectivity index (χ2v) is 2.59. The fourth-order valence-electron chi connectivity index (χ4n) is 0.233. The van der Waals surface area contributed by atoms with Gasteiger partial charge in [-0.05, 0) is 0 Å². The molecule has 0 aromatic rings. The molecule has 0 saturated heterocycles. The first-order valence-corrected chi connectivity index (χ1v) is 3.71. The summed E-state index contributed by atoms with van der Waals surface area (Å²) in [6.07, 6.45) is 1.90. The lowest BCUT2D eigenvalue weighted by atomic mass is 11.2. The molecule has 0 radical (unpaired) electrons. The molecule has 2 N–H and O–H groups in total. The number of rotatable bonds is 4. The first-order chi connectivity index (χ1) is 4.12. The summed E-state index contributed by atoms with van der Waals surface area (Å²) in [6.45, 7) is 6.28. The molecule has 0 amide bonds. The van der Waals surface area contributed by atoms with Crippen molar-refractivity contribution in [2.75, 3.05) is 0 Å². The Balaban J connectivity index is 3.85. The predicted molar refractivity (Wildman–Crippen MR) is 34.4 cm³/mol. The van der Waals surface area contributed by atoms with Crippen molar-refractivity contribution < 1.29 is 13.6 Å². The van der Waals surface area contributed by atoms with Crippen LogP contribution in [0.1, 0.15) is 0 Å². The molecule has 0 heterocycles. The van der Waals surface area contributed by atoms with Crippen molar-refractivity contribution >= 4 is 7.75 Å². The second kappa shape index (κ2) is 3.33. The molecule has 0 spiro atoms. The third kappa shape index (κ3) is 3.82. The molecule has 0 aliphatic heterocycles. The number of hydrogen-bond acceptors (Lipinski definition) is 3. The second-order valence-electron chi connectivity index (χ2n) is 1.08. The van der Waals surface area contributed by atoms with Gasteiger partial charge in [0.25, 0.3) is 0 Å². The lowest BCUT2D eigenvalue weighted by Gasteiger charge is -2.07. The Morgan fingerprint density at radius 2 is 1.67 bits per heavy atom. The summed E-state index contributed by atoms with van der Waals surface area (Å²) in [6, 6.07) is 0. The molecular weight excluding hydrogens is 141 g/mol. The Kier molecular flexibility index (Phi) is 3.06. The molecule has 0 bridgehead atoms. The van der Waals surface area contributed by atoms with Crippen LogP contribution in [0.25, 0.3) is 0 Å². The number of hydrogen-bond donors (Lipinski definition) is 1. The summed E-state index contributed by atoms with van der Waals surface area (Å²) >= 11 is 0. The highest BCUT2D eigenvalue weighted by Gasteiger charge is 2.14. The van der Waals surface area contributed by atoms with Crippen LogP contribution in [0, 0.1) is 0 Å². The lowest BCUT2D eigenvalue weighted by Crippen LogP contribution is -1.95. The lowest BCUT2D eigenvalue weighted by molar-refractivity contribution is 0.329. The van der Waals surface area contributed by atoms with Gasteiger partial charge < -0.3 is 9.05 Å². The van der Waals surface area contributed by atoms with E-state index in [1.807, 2.05) is 0 Å². The quantitative estimate of drug-likeness (QED) is 0.484. The van der Waals surface area contributed by atoms with Gasteiger partial charge in [-0.2, -0.15) is 0 Å². The van der Waals surface area contributed by atoms with E-state index < -0.39 is 7.75 Å². The number of nitrogens with two attached hydrogens (primary N) is 1. The van der Waals surface area contributed by atoms with Crippen molar-refractivity contribution in [2.24, 2.45) is 5.50 Å². The minimum Gasteiger partial charge on any atom is -0.413 e. The van der Waals surface area contributed by atoms with E-state index in [9.17, 15) is 4.57 Å². The fourth-order valence-corrected chi connectivity index (χ4v) is 0.698. The standard InChI is InChI=1S/C4H8NO3P/c1-3-7-9(5,6)8-4-2/h3-4H,1-2H2,(H2,5,6). The van der Waals surface area contributed by atoms with Crippen molar-refractivity contribution in [3.05, 3.63) is 25.7 Å². The maximum atomic E-state index is 10.6. The zero-order valence-corrected chi connectivity index (χ0v) is 5.71. The van der Waals surface area contributed by atoms with Gasteiger partial charge in [-0.1, -0.05) is 13.2 Å².